The van der Waals surface area contributed by atoms with Gasteiger partial charge in [-0.1, -0.05) is 24.4 Å². The monoisotopic (exact) mass is 340 g/mol. The number of hydrogen-bond donors (Lipinski definition) is 1. The smallest absolute Gasteiger partial charge is 0.239 e. The number of nitrogens with one attached hydrogen (secondary N) is 1. The van der Waals surface area contributed by atoms with E-state index in [-0.39, 0.29) is 11.9 Å². The number of aromatic nitrogens is 3. The van der Waals surface area contributed by atoms with E-state index in [1.807, 2.05) is 19.1 Å². The summed E-state index contributed by atoms with van der Waals surface area (Å²) < 4.78 is 5.36. The molecule has 1 atom stereocenters. The Bertz CT molecular complexity index is 747. The number of carbonyl (C=O) groups is 1. The van der Waals surface area contributed by atoms with E-state index < -0.39 is 5.92 Å². The molecule has 4 rings (SSSR count). The molecule has 0 aromatic carbocycles. The Hall–Kier alpha value is -2.24. The fraction of sp³-hybridized carbons (Fsp3) is 0.579. The number of rotatable bonds is 5. The van der Waals surface area contributed by atoms with Crippen LogP contribution in [0.3, 0.4) is 0 Å². The van der Waals surface area contributed by atoms with E-state index >= 15 is 0 Å². The van der Waals surface area contributed by atoms with Crippen LogP contribution in [0, 0.1) is 0 Å². The Labute approximate surface area is 147 Å². The third-order valence-electron chi connectivity index (χ3n) is 5.19. The van der Waals surface area contributed by atoms with Crippen LogP contribution in [0.1, 0.15) is 75.3 Å². The Morgan fingerprint density at radius 2 is 2.04 bits per heavy atom. The lowest BCUT2D eigenvalue weighted by Crippen LogP contribution is -2.38. The largest absolute Gasteiger partial charge is 0.353 e. The third-order valence-corrected chi connectivity index (χ3v) is 5.19. The Morgan fingerprint density at radius 3 is 2.80 bits per heavy atom. The summed E-state index contributed by atoms with van der Waals surface area (Å²) in [6, 6.07) is 4.19. The molecular weight excluding hydrogens is 316 g/mol. The molecule has 1 amide bonds. The van der Waals surface area contributed by atoms with E-state index in [1.165, 1.54) is 32.1 Å². The van der Waals surface area contributed by atoms with Gasteiger partial charge in [0.25, 0.3) is 0 Å². The van der Waals surface area contributed by atoms with Gasteiger partial charge in [-0.25, -0.2) is 0 Å². The highest BCUT2D eigenvalue weighted by Gasteiger charge is 2.27. The Balaban J connectivity index is 1.44. The first-order valence-corrected chi connectivity index (χ1v) is 9.31. The van der Waals surface area contributed by atoms with E-state index in [0.717, 1.165) is 24.1 Å². The maximum atomic E-state index is 12.5. The minimum absolute atomic E-state index is 0.0319. The number of hydrogen-bond acceptors (Lipinski definition) is 5. The first-order valence-electron chi connectivity index (χ1n) is 9.31. The first kappa shape index (κ1) is 16.2. The van der Waals surface area contributed by atoms with Crippen molar-refractivity contribution < 1.29 is 9.32 Å². The van der Waals surface area contributed by atoms with Gasteiger partial charge in [-0.15, -0.1) is 0 Å². The average Bonchev–Trinajstić information content (AvgIpc) is 3.39. The van der Waals surface area contributed by atoms with Gasteiger partial charge in [0.2, 0.25) is 17.6 Å². The molecule has 0 aliphatic heterocycles. The molecule has 6 heteroatoms. The van der Waals surface area contributed by atoms with Gasteiger partial charge in [0, 0.05) is 29.4 Å². The average molecular weight is 340 g/mol. The molecule has 2 aromatic heterocycles. The van der Waals surface area contributed by atoms with Gasteiger partial charge in [0.1, 0.15) is 5.92 Å². The van der Waals surface area contributed by atoms with Crippen LogP contribution in [0.2, 0.25) is 0 Å². The highest BCUT2D eigenvalue weighted by Crippen LogP contribution is 2.39. The predicted octanol–water partition coefficient (Wildman–Crippen LogP) is 3.56. The third kappa shape index (κ3) is 3.72. The van der Waals surface area contributed by atoms with E-state index in [4.69, 9.17) is 4.52 Å². The molecule has 132 valence electrons. The van der Waals surface area contributed by atoms with Crippen LogP contribution in [0.5, 0.6) is 0 Å². The maximum Gasteiger partial charge on any atom is 0.239 e. The number of pyridine rings is 1. The predicted molar refractivity (Wildman–Crippen MR) is 92.9 cm³/mol. The highest BCUT2D eigenvalue weighted by atomic mass is 16.5. The normalized spacial score (nSPS) is 19.6. The summed E-state index contributed by atoms with van der Waals surface area (Å²) in [5.41, 5.74) is 1.98. The van der Waals surface area contributed by atoms with Crippen molar-refractivity contribution in [2.45, 2.75) is 69.7 Å². The van der Waals surface area contributed by atoms with Gasteiger partial charge in [0.05, 0.1) is 0 Å². The van der Waals surface area contributed by atoms with E-state index in [1.54, 1.807) is 6.20 Å². The van der Waals surface area contributed by atoms with Crippen molar-refractivity contribution in [3.63, 3.8) is 0 Å². The lowest BCUT2D eigenvalue weighted by molar-refractivity contribution is -0.123. The van der Waals surface area contributed by atoms with E-state index in [2.05, 4.69) is 20.4 Å². The SMILES string of the molecule is C[C@H](C(=O)NC1CCCCC1)c1nc(-c2ccnc(C3CC3)c2)no1. The minimum Gasteiger partial charge on any atom is -0.353 e. The summed E-state index contributed by atoms with van der Waals surface area (Å²) >= 11 is 0. The zero-order chi connectivity index (χ0) is 17.2. The minimum atomic E-state index is -0.437. The fourth-order valence-electron chi connectivity index (χ4n) is 3.40. The summed E-state index contributed by atoms with van der Waals surface area (Å²) in [4.78, 5) is 21.3. The molecule has 0 unspecified atom stereocenters. The van der Waals surface area contributed by atoms with Crippen molar-refractivity contribution in [2.75, 3.05) is 0 Å². The molecule has 0 bridgehead atoms. The highest BCUT2D eigenvalue weighted by molar-refractivity contribution is 5.82. The van der Waals surface area contributed by atoms with Gasteiger partial charge in [0.15, 0.2) is 0 Å². The molecular formula is C19H24N4O2. The summed E-state index contributed by atoms with van der Waals surface area (Å²) in [7, 11) is 0. The fourth-order valence-corrected chi connectivity index (χ4v) is 3.40. The molecule has 2 aromatic rings. The van der Waals surface area contributed by atoms with Crippen LogP contribution in [0.4, 0.5) is 0 Å². The Kier molecular flexibility index (Phi) is 4.51. The number of nitrogens with zero attached hydrogens (tertiary/aromatic N) is 3. The zero-order valence-corrected chi connectivity index (χ0v) is 14.6. The summed E-state index contributed by atoms with van der Waals surface area (Å²) in [5.74, 6) is 1.000. The number of carbonyl (C=O) groups excluding carboxylic acids is 1. The molecule has 2 aliphatic carbocycles. The molecule has 1 N–H and O–H groups in total. The maximum absolute atomic E-state index is 12.5. The molecule has 0 saturated heterocycles. The van der Waals surface area contributed by atoms with Crippen molar-refractivity contribution >= 4 is 5.91 Å². The molecule has 2 heterocycles. The quantitative estimate of drug-likeness (QED) is 0.900. The van der Waals surface area contributed by atoms with Crippen LogP contribution < -0.4 is 5.32 Å². The first-order chi connectivity index (χ1) is 12.2. The second-order valence-corrected chi connectivity index (χ2v) is 7.27. The van der Waals surface area contributed by atoms with E-state index in [0.29, 0.717) is 17.6 Å². The van der Waals surface area contributed by atoms with Crippen molar-refractivity contribution in [1.82, 2.24) is 20.4 Å². The van der Waals surface area contributed by atoms with Crippen LogP contribution in [0.15, 0.2) is 22.9 Å². The molecule has 0 spiro atoms. The lowest BCUT2D eigenvalue weighted by atomic mass is 9.95. The van der Waals surface area contributed by atoms with Crippen LogP contribution in [0.25, 0.3) is 11.4 Å². The second-order valence-electron chi connectivity index (χ2n) is 7.27. The summed E-state index contributed by atoms with van der Waals surface area (Å²) in [5, 5.41) is 7.19. The topological polar surface area (TPSA) is 80.9 Å². The van der Waals surface area contributed by atoms with Gasteiger partial charge in [-0.3, -0.25) is 9.78 Å². The van der Waals surface area contributed by atoms with E-state index in [9.17, 15) is 4.79 Å². The second kappa shape index (κ2) is 6.94. The van der Waals surface area contributed by atoms with Crippen LogP contribution in [-0.2, 0) is 4.79 Å². The Morgan fingerprint density at radius 1 is 1.24 bits per heavy atom. The molecule has 6 nitrogen and oxygen atoms in total. The van der Waals surface area contributed by atoms with Gasteiger partial charge in [-0.05, 0) is 44.7 Å². The summed E-state index contributed by atoms with van der Waals surface area (Å²) in [6.07, 6.45) is 9.97. The van der Waals surface area contributed by atoms with Crippen molar-refractivity contribution in [3.05, 3.63) is 29.9 Å². The lowest BCUT2D eigenvalue weighted by Gasteiger charge is -2.23. The van der Waals surface area contributed by atoms with Gasteiger partial charge in [-0.2, -0.15) is 4.98 Å². The van der Waals surface area contributed by atoms with Gasteiger partial charge < -0.3 is 9.84 Å². The molecule has 2 aliphatic rings. The van der Waals surface area contributed by atoms with Crippen LogP contribution >= 0.6 is 0 Å². The molecule has 2 saturated carbocycles. The summed E-state index contributed by atoms with van der Waals surface area (Å²) in [6.45, 7) is 1.82. The molecule has 25 heavy (non-hydrogen) atoms. The zero-order valence-electron chi connectivity index (χ0n) is 14.6. The van der Waals surface area contributed by atoms with Gasteiger partial charge >= 0.3 is 0 Å². The van der Waals surface area contributed by atoms with Crippen LogP contribution in [-0.4, -0.2) is 27.1 Å². The van der Waals surface area contributed by atoms with Crippen molar-refractivity contribution in [3.8, 4) is 11.4 Å². The van der Waals surface area contributed by atoms with Crippen molar-refractivity contribution in [1.29, 1.82) is 0 Å². The molecule has 0 radical (unpaired) electrons. The number of amides is 1. The standard InChI is InChI=1S/C19H24N4O2/c1-12(18(24)21-15-5-3-2-4-6-15)19-22-17(23-25-19)14-9-10-20-16(11-14)13-7-8-13/h9-13,15H,2-8H2,1H3,(H,21,24)/t12-/m1/s1. The molecule has 2 fully saturated rings. The van der Waals surface area contributed by atoms with Crippen molar-refractivity contribution in [2.24, 2.45) is 0 Å².